The Hall–Kier alpha value is -2.19. The first-order valence-corrected chi connectivity index (χ1v) is 9.39. The van der Waals surface area contributed by atoms with Crippen molar-refractivity contribution in [2.24, 2.45) is 0 Å². The largest absolute Gasteiger partial charge is 0.331 e. The minimum absolute atomic E-state index is 0.244. The van der Waals surface area contributed by atoms with Crippen LogP contribution in [0.1, 0.15) is 12.8 Å². The molecular formula is C17H19F2N3O2S. The Balaban J connectivity index is 2.06. The average Bonchev–Trinajstić information content (AvgIpc) is 2.79. The summed E-state index contributed by atoms with van der Waals surface area (Å²) >= 11 is 0. The molecule has 0 fully saturated rings. The van der Waals surface area contributed by atoms with Gasteiger partial charge >= 0.3 is 10.2 Å². The molecule has 0 unspecified atom stereocenters. The van der Waals surface area contributed by atoms with Gasteiger partial charge in [-0.25, -0.2) is 13.1 Å². The number of rotatable bonds is 6. The lowest BCUT2D eigenvalue weighted by atomic mass is 10.2. The van der Waals surface area contributed by atoms with Crippen LogP contribution in [0.15, 0.2) is 42.5 Å². The number of benzene rings is 2. The van der Waals surface area contributed by atoms with Crippen LogP contribution in [0.2, 0.25) is 0 Å². The van der Waals surface area contributed by atoms with Gasteiger partial charge in [-0.1, -0.05) is 18.2 Å². The Bertz CT molecular complexity index is 854. The number of nitrogens with zero attached hydrogens (tertiary/aromatic N) is 2. The number of hydrogen-bond acceptors (Lipinski definition) is 3. The van der Waals surface area contributed by atoms with Gasteiger partial charge in [0.1, 0.15) is 5.69 Å². The molecule has 0 saturated heterocycles. The maximum absolute atomic E-state index is 14.2. The smallest absolute Gasteiger partial charge is 0.320 e. The van der Waals surface area contributed by atoms with Gasteiger partial charge in [0.15, 0.2) is 11.6 Å². The summed E-state index contributed by atoms with van der Waals surface area (Å²) in [6.07, 6.45) is 1.42. The molecule has 0 amide bonds. The zero-order valence-electron chi connectivity index (χ0n) is 13.7. The lowest BCUT2D eigenvalue weighted by molar-refractivity contribution is 0.573. The van der Waals surface area contributed by atoms with E-state index in [1.54, 1.807) is 24.3 Å². The molecule has 2 aromatic carbocycles. The second-order valence-corrected chi connectivity index (χ2v) is 7.42. The maximum Gasteiger partial charge on any atom is 0.331 e. The number of unbranched alkanes of at least 4 members (excludes halogenated alkanes) is 1. The van der Waals surface area contributed by atoms with E-state index < -0.39 is 27.5 Å². The van der Waals surface area contributed by atoms with Crippen molar-refractivity contribution in [3.05, 3.63) is 54.1 Å². The van der Waals surface area contributed by atoms with Crippen molar-refractivity contribution in [3.63, 3.8) is 0 Å². The number of fused-ring (bicyclic) bond motifs is 1. The van der Waals surface area contributed by atoms with Gasteiger partial charge in [0.05, 0.1) is 11.4 Å². The van der Waals surface area contributed by atoms with E-state index in [-0.39, 0.29) is 12.2 Å². The van der Waals surface area contributed by atoms with Crippen LogP contribution in [-0.2, 0) is 10.2 Å². The Kier molecular flexibility index (Phi) is 4.91. The van der Waals surface area contributed by atoms with Crippen molar-refractivity contribution in [2.75, 3.05) is 28.7 Å². The van der Waals surface area contributed by atoms with Gasteiger partial charge in [0.2, 0.25) is 0 Å². The van der Waals surface area contributed by atoms with E-state index >= 15 is 0 Å². The molecule has 1 aliphatic heterocycles. The molecule has 134 valence electrons. The summed E-state index contributed by atoms with van der Waals surface area (Å²) in [5.41, 5.74) is 0.0994. The van der Waals surface area contributed by atoms with Crippen molar-refractivity contribution in [1.29, 1.82) is 0 Å². The van der Waals surface area contributed by atoms with Gasteiger partial charge in [0, 0.05) is 6.54 Å². The summed E-state index contributed by atoms with van der Waals surface area (Å²) < 4.78 is 56.5. The Morgan fingerprint density at radius 3 is 2.24 bits per heavy atom. The van der Waals surface area contributed by atoms with Crippen molar-refractivity contribution >= 4 is 27.3 Å². The van der Waals surface area contributed by atoms with E-state index in [1.807, 2.05) is 7.05 Å². The van der Waals surface area contributed by atoms with Crippen LogP contribution < -0.4 is 13.9 Å². The van der Waals surface area contributed by atoms with Crippen LogP contribution in [0.4, 0.5) is 25.8 Å². The van der Waals surface area contributed by atoms with Gasteiger partial charge in [-0.3, -0.25) is 4.31 Å². The lowest BCUT2D eigenvalue weighted by Crippen LogP contribution is -2.36. The fourth-order valence-corrected chi connectivity index (χ4v) is 4.67. The second-order valence-electron chi connectivity index (χ2n) is 5.71. The fraction of sp³-hybridized carbons (Fsp3) is 0.294. The van der Waals surface area contributed by atoms with E-state index in [1.165, 1.54) is 10.4 Å². The summed E-state index contributed by atoms with van der Waals surface area (Å²) in [4.78, 5) is 0. The molecule has 1 N–H and O–H groups in total. The zero-order chi connectivity index (χ0) is 18.0. The Morgan fingerprint density at radius 1 is 0.960 bits per heavy atom. The van der Waals surface area contributed by atoms with Gasteiger partial charge in [-0.2, -0.15) is 8.42 Å². The lowest BCUT2D eigenvalue weighted by Gasteiger charge is -2.22. The van der Waals surface area contributed by atoms with Gasteiger partial charge in [-0.05, 0) is 50.7 Å². The summed E-state index contributed by atoms with van der Waals surface area (Å²) in [6, 6.07) is 9.84. The highest BCUT2D eigenvalue weighted by Gasteiger charge is 2.43. The van der Waals surface area contributed by atoms with E-state index in [0.717, 1.165) is 29.4 Å². The van der Waals surface area contributed by atoms with Crippen LogP contribution in [-0.4, -0.2) is 28.6 Å². The normalized spacial score (nSPS) is 15.5. The second kappa shape index (κ2) is 6.97. The molecule has 3 rings (SSSR count). The highest BCUT2D eigenvalue weighted by Crippen LogP contribution is 2.46. The first-order valence-electron chi connectivity index (χ1n) is 7.99. The quantitative estimate of drug-likeness (QED) is 0.798. The third kappa shape index (κ3) is 3.07. The molecule has 0 radical (unpaired) electrons. The van der Waals surface area contributed by atoms with E-state index in [9.17, 15) is 17.2 Å². The van der Waals surface area contributed by atoms with Crippen LogP contribution in [0.5, 0.6) is 0 Å². The van der Waals surface area contributed by atoms with E-state index in [4.69, 9.17) is 0 Å². The number of hydrogen-bond donors (Lipinski definition) is 1. The molecule has 8 heteroatoms. The van der Waals surface area contributed by atoms with Crippen molar-refractivity contribution < 1.29 is 17.2 Å². The third-order valence-electron chi connectivity index (χ3n) is 4.06. The number of nitrogens with one attached hydrogen (secondary N) is 1. The highest BCUT2D eigenvalue weighted by atomic mass is 32.2. The number of anilines is 3. The van der Waals surface area contributed by atoms with Crippen molar-refractivity contribution in [2.45, 2.75) is 12.8 Å². The fourth-order valence-electron chi connectivity index (χ4n) is 2.91. The van der Waals surface area contributed by atoms with Crippen LogP contribution in [0.3, 0.4) is 0 Å². The Morgan fingerprint density at radius 2 is 1.60 bits per heavy atom. The van der Waals surface area contributed by atoms with Gasteiger partial charge < -0.3 is 5.32 Å². The molecule has 5 nitrogen and oxygen atoms in total. The maximum atomic E-state index is 14.2. The molecule has 1 aliphatic rings. The SMILES string of the molecule is CNCCCCN1c2ccccc2N(c2c(F)cccc2F)S1(=O)=O. The predicted octanol–water partition coefficient (Wildman–Crippen LogP) is 3.17. The number of para-hydroxylation sites is 3. The van der Waals surface area contributed by atoms with Crippen LogP contribution in [0.25, 0.3) is 0 Å². The van der Waals surface area contributed by atoms with Crippen molar-refractivity contribution in [1.82, 2.24) is 5.32 Å². The summed E-state index contributed by atoms with van der Waals surface area (Å²) in [5, 5.41) is 3.00. The van der Waals surface area contributed by atoms with Crippen LogP contribution >= 0.6 is 0 Å². The predicted molar refractivity (Wildman–Crippen MR) is 94.4 cm³/mol. The van der Waals surface area contributed by atoms with E-state index in [0.29, 0.717) is 12.1 Å². The van der Waals surface area contributed by atoms with Crippen molar-refractivity contribution in [3.8, 4) is 0 Å². The topological polar surface area (TPSA) is 52.6 Å². The third-order valence-corrected chi connectivity index (χ3v) is 5.83. The monoisotopic (exact) mass is 367 g/mol. The highest BCUT2D eigenvalue weighted by molar-refractivity contribution is 7.95. The summed E-state index contributed by atoms with van der Waals surface area (Å²) in [5.74, 6) is -1.84. The Labute approximate surface area is 146 Å². The molecule has 0 aromatic heterocycles. The molecule has 25 heavy (non-hydrogen) atoms. The minimum Gasteiger partial charge on any atom is -0.320 e. The molecule has 0 spiro atoms. The summed E-state index contributed by atoms with van der Waals surface area (Å²) in [7, 11) is -2.28. The molecule has 0 bridgehead atoms. The van der Waals surface area contributed by atoms with Gasteiger partial charge in [0.25, 0.3) is 0 Å². The first-order chi connectivity index (χ1) is 12.0. The zero-order valence-corrected chi connectivity index (χ0v) is 14.6. The molecule has 0 saturated carbocycles. The molecule has 2 aromatic rings. The minimum atomic E-state index is -4.11. The van der Waals surface area contributed by atoms with Crippen LogP contribution in [0, 0.1) is 11.6 Å². The average molecular weight is 367 g/mol. The van der Waals surface area contributed by atoms with Gasteiger partial charge in [-0.15, -0.1) is 0 Å². The molecular weight excluding hydrogens is 348 g/mol. The van der Waals surface area contributed by atoms with E-state index in [2.05, 4.69) is 5.32 Å². The molecule has 1 heterocycles. The standard InChI is InChI=1S/C17H19F2N3O2S/c1-20-11-4-5-12-21-15-9-2-3-10-16(15)22(25(21,23)24)17-13(18)7-6-8-14(17)19/h2-3,6-10,20H,4-5,11-12H2,1H3. The molecule has 0 aliphatic carbocycles. The number of halogens is 2. The molecule has 0 atom stereocenters. The first kappa shape index (κ1) is 17.6. The summed E-state index contributed by atoms with van der Waals surface area (Å²) in [6.45, 7) is 1.01.